The molecule has 1 atom stereocenters. The van der Waals surface area contributed by atoms with Crippen LogP contribution in [0.2, 0.25) is 0 Å². The molecule has 3 rings (SSSR count). The quantitative estimate of drug-likeness (QED) is 0.753. The van der Waals surface area contributed by atoms with E-state index in [0.717, 1.165) is 31.7 Å². The van der Waals surface area contributed by atoms with Crippen LogP contribution in [-0.4, -0.2) is 60.7 Å². The van der Waals surface area contributed by atoms with Crippen molar-refractivity contribution in [3.05, 3.63) is 30.0 Å². The van der Waals surface area contributed by atoms with E-state index in [9.17, 15) is 10.1 Å². The Kier molecular flexibility index (Phi) is 5.80. The molecule has 0 radical (unpaired) electrons. The van der Waals surface area contributed by atoms with E-state index in [1.165, 1.54) is 0 Å². The van der Waals surface area contributed by atoms with Gasteiger partial charge in [-0.3, -0.25) is 4.79 Å². The second-order valence-corrected chi connectivity index (χ2v) is 8.44. The Hall–Kier alpha value is -2.72. The topological polar surface area (TPSA) is 82.4 Å². The summed E-state index contributed by atoms with van der Waals surface area (Å²) in [5.74, 6) is -1.07. The first-order chi connectivity index (χ1) is 13.3. The number of carbonyl (C=O) groups excluding carboxylic acids is 1. The molecule has 28 heavy (non-hydrogen) atoms. The number of carbonyl (C=O) groups is 1. The molecule has 7 heteroatoms. The minimum atomic E-state index is -1.10. The van der Waals surface area contributed by atoms with E-state index in [0.29, 0.717) is 17.0 Å². The predicted octanol–water partition coefficient (Wildman–Crippen LogP) is 2.58. The number of fused-ring (bicyclic) bond motifs is 1. The molecule has 0 bridgehead atoms. The third-order valence-corrected chi connectivity index (χ3v) is 4.67. The lowest BCUT2D eigenvalue weighted by molar-refractivity contribution is -0.146. The SMILES string of the molecule is CN1CCN(c2nc3ccccc3nc2C(C#N)C(=O)OCC(C)(C)C)CC1. The Morgan fingerprint density at radius 2 is 1.79 bits per heavy atom. The molecular formula is C21H27N5O2. The van der Waals surface area contributed by atoms with Crippen molar-refractivity contribution >= 4 is 22.8 Å². The van der Waals surface area contributed by atoms with Crippen LogP contribution in [0.5, 0.6) is 0 Å². The Morgan fingerprint density at radius 3 is 2.36 bits per heavy atom. The number of likely N-dealkylation sites (N-methyl/N-ethyl adjacent to an activating group) is 1. The predicted molar refractivity (Wildman–Crippen MR) is 108 cm³/mol. The lowest BCUT2D eigenvalue weighted by atomic mass is 9.98. The zero-order chi connectivity index (χ0) is 20.3. The van der Waals surface area contributed by atoms with Crippen LogP contribution in [0, 0.1) is 16.7 Å². The Balaban J connectivity index is 2.00. The largest absolute Gasteiger partial charge is 0.464 e. The summed E-state index contributed by atoms with van der Waals surface area (Å²) in [6.45, 7) is 9.50. The van der Waals surface area contributed by atoms with Gasteiger partial charge in [-0.1, -0.05) is 32.9 Å². The molecule has 2 aromatic rings. The van der Waals surface area contributed by atoms with Crippen molar-refractivity contribution in [2.75, 3.05) is 44.7 Å². The van der Waals surface area contributed by atoms with Crippen LogP contribution in [-0.2, 0) is 9.53 Å². The van der Waals surface area contributed by atoms with E-state index >= 15 is 0 Å². The van der Waals surface area contributed by atoms with Crippen molar-refractivity contribution < 1.29 is 9.53 Å². The van der Waals surface area contributed by atoms with E-state index in [1.807, 2.05) is 45.0 Å². The maximum absolute atomic E-state index is 12.7. The smallest absolute Gasteiger partial charge is 0.329 e. The molecule has 148 valence electrons. The number of hydrogen-bond acceptors (Lipinski definition) is 7. The van der Waals surface area contributed by atoms with Gasteiger partial charge in [-0.15, -0.1) is 0 Å². The van der Waals surface area contributed by atoms with Crippen molar-refractivity contribution in [2.45, 2.75) is 26.7 Å². The van der Waals surface area contributed by atoms with Crippen LogP contribution in [0.4, 0.5) is 5.82 Å². The number of nitriles is 1. The van der Waals surface area contributed by atoms with E-state index in [1.54, 1.807) is 0 Å². The Bertz CT molecular complexity index is 892. The normalized spacial score (nSPS) is 16.6. The molecule has 0 saturated carbocycles. The maximum Gasteiger partial charge on any atom is 0.329 e. The second-order valence-electron chi connectivity index (χ2n) is 8.44. The van der Waals surface area contributed by atoms with Gasteiger partial charge >= 0.3 is 5.97 Å². The zero-order valence-corrected chi connectivity index (χ0v) is 17.0. The summed E-state index contributed by atoms with van der Waals surface area (Å²) in [5, 5.41) is 9.77. The van der Waals surface area contributed by atoms with E-state index < -0.39 is 11.9 Å². The van der Waals surface area contributed by atoms with Crippen molar-refractivity contribution in [2.24, 2.45) is 5.41 Å². The van der Waals surface area contributed by atoms with Gasteiger partial charge in [0.05, 0.1) is 23.7 Å². The van der Waals surface area contributed by atoms with Gasteiger partial charge in [-0.2, -0.15) is 5.26 Å². The van der Waals surface area contributed by atoms with E-state index in [-0.39, 0.29) is 12.0 Å². The van der Waals surface area contributed by atoms with E-state index in [2.05, 4.69) is 27.9 Å². The van der Waals surface area contributed by atoms with Gasteiger partial charge in [0, 0.05) is 26.2 Å². The van der Waals surface area contributed by atoms with Gasteiger partial charge in [0.25, 0.3) is 0 Å². The summed E-state index contributed by atoms with van der Waals surface area (Å²) in [6.07, 6.45) is 0. The van der Waals surface area contributed by atoms with Crippen molar-refractivity contribution in [1.29, 1.82) is 5.26 Å². The Labute approximate surface area is 165 Å². The minimum absolute atomic E-state index is 0.176. The van der Waals surface area contributed by atoms with Crippen LogP contribution in [0.1, 0.15) is 32.4 Å². The highest BCUT2D eigenvalue weighted by molar-refractivity contribution is 5.85. The van der Waals surface area contributed by atoms with Crippen LogP contribution in [0.15, 0.2) is 24.3 Å². The monoisotopic (exact) mass is 381 g/mol. The zero-order valence-electron chi connectivity index (χ0n) is 17.0. The average Bonchev–Trinajstić information content (AvgIpc) is 2.66. The molecule has 0 amide bonds. The number of aromatic nitrogens is 2. The molecule has 1 aromatic heterocycles. The number of hydrogen-bond donors (Lipinski definition) is 0. The number of piperazine rings is 1. The molecule has 1 aliphatic heterocycles. The van der Waals surface area contributed by atoms with Crippen molar-refractivity contribution in [3.8, 4) is 6.07 Å². The third kappa shape index (κ3) is 4.57. The fourth-order valence-electron chi connectivity index (χ4n) is 3.05. The van der Waals surface area contributed by atoms with Gasteiger partial charge in [0.1, 0.15) is 5.69 Å². The summed E-state index contributed by atoms with van der Waals surface area (Å²) in [6, 6.07) is 9.61. The first kappa shape index (κ1) is 20.0. The van der Waals surface area contributed by atoms with Crippen LogP contribution in [0.3, 0.4) is 0 Å². The molecule has 1 aliphatic rings. The summed E-state index contributed by atoms with van der Waals surface area (Å²) < 4.78 is 5.43. The highest BCUT2D eigenvalue weighted by Gasteiger charge is 2.31. The van der Waals surface area contributed by atoms with Crippen LogP contribution >= 0.6 is 0 Å². The number of esters is 1. The fourth-order valence-corrected chi connectivity index (χ4v) is 3.05. The molecule has 0 aliphatic carbocycles. The molecule has 1 fully saturated rings. The van der Waals surface area contributed by atoms with E-state index in [4.69, 9.17) is 9.72 Å². The average molecular weight is 381 g/mol. The van der Waals surface area contributed by atoms with Crippen molar-refractivity contribution in [1.82, 2.24) is 14.9 Å². The first-order valence-electron chi connectivity index (χ1n) is 9.55. The number of ether oxygens (including phenoxy) is 1. The molecular weight excluding hydrogens is 354 g/mol. The lowest BCUT2D eigenvalue weighted by Gasteiger charge is -2.34. The Morgan fingerprint density at radius 1 is 1.18 bits per heavy atom. The minimum Gasteiger partial charge on any atom is -0.464 e. The second kappa shape index (κ2) is 8.11. The van der Waals surface area contributed by atoms with Crippen molar-refractivity contribution in [3.63, 3.8) is 0 Å². The lowest BCUT2D eigenvalue weighted by Crippen LogP contribution is -2.45. The number of nitrogens with zero attached hydrogens (tertiary/aromatic N) is 5. The summed E-state index contributed by atoms with van der Waals surface area (Å²) in [4.78, 5) is 26.5. The number of benzene rings is 1. The molecule has 0 spiro atoms. The summed E-state index contributed by atoms with van der Waals surface area (Å²) >= 11 is 0. The highest BCUT2D eigenvalue weighted by atomic mass is 16.5. The van der Waals surface area contributed by atoms with Crippen LogP contribution in [0.25, 0.3) is 11.0 Å². The highest BCUT2D eigenvalue weighted by Crippen LogP contribution is 2.29. The molecule has 7 nitrogen and oxygen atoms in total. The molecule has 0 N–H and O–H groups in total. The maximum atomic E-state index is 12.7. The molecule has 1 unspecified atom stereocenters. The molecule has 1 saturated heterocycles. The standard InChI is InChI=1S/C21H27N5O2/c1-21(2,3)14-28-20(27)15(13-22)18-19(26-11-9-25(4)10-12-26)24-17-8-6-5-7-16(17)23-18/h5-8,15H,9-12,14H2,1-4H3. The first-order valence-corrected chi connectivity index (χ1v) is 9.55. The number of anilines is 1. The molecule has 1 aromatic carbocycles. The van der Waals surface area contributed by atoms with Gasteiger partial charge in [-0.25, -0.2) is 9.97 Å². The summed E-state index contributed by atoms with van der Waals surface area (Å²) in [7, 11) is 2.08. The van der Waals surface area contributed by atoms with Crippen LogP contribution < -0.4 is 4.90 Å². The fraction of sp³-hybridized carbons (Fsp3) is 0.524. The molecule has 2 heterocycles. The number of para-hydroxylation sites is 2. The van der Waals surface area contributed by atoms with Gasteiger partial charge in [0.2, 0.25) is 0 Å². The summed E-state index contributed by atoms with van der Waals surface area (Å²) in [5.41, 5.74) is 1.62. The number of rotatable bonds is 4. The van der Waals surface area contributed by atoms with Gasteiger partial charge in [-0.05, 0) is 24.6 Å². The third-order valence-electron chi connectivity index (χ3n) is 4.67. The van der Waals surface area contributed by atoms with Gasteiger partial charge < -0.3 is 14.5 Å². The van der Waals surface area contributed by atoms with Gasteiger partial charge in [0.15, 0.2) is 11.7 Å².